The summed E-state index contributed by atoms with van der Waals surface area (Å²) in [6, 6.07) is 11.0. The van der Waals surface area contributed by atoms with E-state index in [1.807, 2.05) is 0 Å². The van der Waals surface area contributed by atoms with Gasteiger partial charge in [-0.25, -0.2) is 9.97 Å². The van der Waals surface area contributed by atoms with Gasteiger partial charge in [0, 0.05) is 23.5 Å². The zero-order chi connectivity index (χ0) is 25.3. The maximum atomic E-state index is 13.0. The van der Waals surface area contributed by atoms with Crippen molar-refractivity contribution in [3.63, 3.8) is 0 Å². The van der Waals surface area contributed by atoms with Gasteiger partial charge in [-0.2, -0.15) is 27.9 Å². The summed E-state index contributed by atoms with van der Waals surface area (Å²) in [6.45, 7) is 5.38. The van der Waals surface area contributed by atoms with Crippen molar-refractivity contribution in [2.45, 2.75) is 26.9 Å². The quantitative estimate of drug-likeness (QED) is 0.380. The number of carbonyl (C=O) groups excluding carboxylic acids is 1. The highest BCUT2D eigenvalue weighted by atomic mass is 19.4. The fourth-order valence-electron chi connectivity index (χ4n) is 3.32. The first-order valence-electron chi connectivity index (χ1n) is 10.4. The van der Waals surface area contributed by atoms with Crippen LogP contribution in [-0.4, -0.2) is 30.6 Å². The maximum Gasteiger partial charge on any atom is 0.416 e. The largest absolute Gasteiger partial charge is 0.416 e. The number of nitrogen functional groups attached to an aromatic ring is 1. The van der Waals surface area contributed by atoms with Crippen molar-refractivity contribution in [1.82, 2.24) is 24.7 Å². The summed E-state index contributed by atoms with van der Waals surface area (Å²) in [6.07, 6.45) is -4.52. The van der Waals surface area contributed by atoms with Crippen LogP contribution in [0.15, 0.2) is 48.5 Å². The monoisotopic (exact) mass is 482 g/mol. The van der Waals surface area contributed by atoms with Gasteiger partial charge in [-0.05, 0) is 50.6 Å². The first-order chi connectivity index (χ1) is 16.5. The summed E-state index contributed by atoms with van der Waals surface area (Å²) in [5.74, 6) is 0.771. The van der Waals surface area contributed by atoms with Gasteiger partial charge in [0.1, 0.15) is 17.3 Å². The lowest BCUT2D eigenvalue weighted by atomic mass is 10.2. The summed E-state index contributed by atoms with van der Waals surface area (Å²) in [7, 11) is 0. The molecule has 0 atom stereocenters. The van der Waals surface area contributed by atoms with Crippen molar-refractivity contribution in [2.75, 3.05) is 16.4 Å². The predicted octanol–water partition coefficient (Wildman–Crippen LogP) is 4.58. The Labute approximate surface area is 198 Å². The van der Waals surface area contributed by atoms with Crippen molar-refractivity contribution in [2.24, 2.45) is 0 Å². The fraction of sp³-hybridized carbons (Fsp3) is 0.174. The molecule has 4 N–H and O–H groups in total. The zero-order valence-corrected chi connectivity index (χ0v) is 19.0. The Morgan fingerprint density at radius 2 is 1.74 bits per heavy atom. The minimum absolute atomic E-state index is 0.00660. The van der Waals surface area contributed by atoms with E-state index in [0.29, 0.717) is 28.8 Å². The SMILES string of the molecule is Cc1cc(-n2nc(C)cc2Nc2nc(C(=O)Nc3cccc(C(F)(F)F)c3)ccc2C)nc(N)n1. The molecule has 1 amide bonds. The summed E-state index contributed by atoms with van der Waals surface area (Å²) in [5, 5.41) is 10.0. The minimum Gasteiger partial charge on any atom is -0.368 e. The van der Waals surface area contributed by atoms with Crippen LogP contribution < -0.4 is 16.4 Å². The number of rotatable bonds is 5. The Hall–Kier alpha value is -4.48. The van der Waals surface area contributed by atoms with Gasteiger partial charge in [-0.3, -0.25) is 4.79 Å². The van der Waals surface area contributed by atoms with E-state index in [1.165, 1.54) is 22.9 Å². The lowest BCUT2D eigenvalue weighted by Crippen LogP contribution is -2.16. The van der Waals surface area contributed by atoms with Gasteiger partial charge in [0.05, 0.1) is 11.3 Å². The molecule has 12 heteroatoms. The second-order valence-electron chi connectivity index (χ2n) is 7.83. The highest BCUT2D eigenvalue weighted by molar-refractivity contribution is 6.03. The number of benzene rings is 1. The highest BCUT2D eigenvalue weighted by Crippen LogP contribution is 2.31. The summed E-state index contributed by atoms with van der Waals surface area (Å²) in [5.41, 5.74) is 7.02. The van der Waals surface area contributed by atoms with Crippen LogP contribution in [-0.2, 0) is 6.18 Å². The molecule has 4 aromatic rings. The molecule has 35 heavy (non-hydrogen) atoms. The van der Waals surface area contributed by atoms with Crippen molar-refractivity contribution < 1.29 is 18.0 Å². The van der Waals surface area contributed by atoms with Crippen LogP contribution in [0.1, 0.15) is 33.0 Å². The molecule has 3 aromatic heterocycles. The van der Waals surface area contributed by atoms with Crippen molar-refractivity contribution in [3.8, 4) is 5.82 Å². The molecule has 0 fully saturated rings. The van der Waals surface area contributed by atoms with E-state index in [1.54, 1.807) is 39.0 Å². The van der Waals surface area contributed by atoms with Gasteiger partial charge in [0.15, 0.2) is 5.82 Å². The summed E-state index contributed by atoms with van der Waals surface area (Å²) < 4.78 is 40.5. The average molecular weight is 482 g/mol. The number of halogens is 3. The molecule has 0 aliphatic rings. The van der Waals surface area contributed by atoms with Crippen LogP contribution in [0.2, 0.25) is 0 Å². The van der Waals surface area contributed by atoms with Crippen molar-refractivity contribution >= 4 is 29.2 Å². The third kappa shape index (κ3) is 5.37. The smallest absolute Gasteiger partial charge is 0.368 e. The van der Waals surface area contributed by atoms with Crippen LogP contribution >= 0.6 is 0 Å². The average Bonchev–Trinajstić information content (AvgIpc) is 3.14. The number of hydrogen-bond donors (Lipinski definition) is 3. The van der Waals surface area contributed by atoms with E-state index < -0.39 is 17.6 Å². The molecular formula is C23H21F3N8O. The van der Waals surface area contributed by atoms with E-state index in [0.717, 1.165) is 17.7 Å². The molecule has 0 spiro atoms. The topological polar surface area (TPSA) is 124 Å². The molecule has 0 unspecified atom stereocenters. The second-order valence-corrected chi connectivity index (χ2v) is 7.83. The third-order valence-corrected chi connectivity index (χ3v) is 4.93. The number of anilines is 4. The number of alkyl halides is 3. The Morgan fingerprint density at radius 1 is 0.971 bits per heavy atom. The Bertz CT molecular complexity index is 1390. The zero-order valence-electron chi connectivity index (χ0n) is 19.0. The molecule has 0 bridgehead atoms. The predicted molar refractivity (Wildman–Crippen MR) is 125 cm³/mol. The molecule has 4 rings (SSSR count). The minimum atomic E-state index is -4.52. The van der Waals surface area contributed by atoms with Gasteiger partial charge < -0.3 is 16.4 Å². The van der Waals surface area contributed by atoms with Gasteiger partial charge >= 0.3 is 6.18 Å². The van der Waals surface area contributed by atoms with Gasteiger partial charge in [0.2, 0.25) is 5.95 Å². The van der Waals surface area contributed by atoms with E-state index in [2.05, 4.69) is 30.7 Å². The van der Waals surface area contributed by atoms with Crippen molar-refractivity contribution in [1.29, 1.82) is 0 Å². The highest BCUT2D eigenvalue weighted by Gasteiger charge is 2.30. The Balaban J connectivity index is 1.61. The number of carbonyl (C=O) groups is 1. The molecule has 180 valence electrons. The normalized spacial score (nSPS) is 11.4. The maximum absolute atomic E-state index is 13.0. The number of nitrogens with two attached hydrogens (primary N) is 1. The number of aromatic nitrogens is 5. The van der Waals surface area contributed by atoms with Crippen LogP contribution in [0.5, 0.6) is 0 Å². The van der Waals surface area contributed by atoms with Crippen molar-refractivity contribution in [3.05, 3.63) is 76.7 Å². The standard InChI is InChI=1S/C23H21F3N8O/c1-12-7-8-17(21(35)29-16-6-4-5-15(11-16)23(24,25)26)30-20(12)31-18-10-14(3)33-34(18)19-9-13(2)28-22(27)32-19/h4-11H,1-3H3,(H,29,35)(H,30,31)(H2,27,28,32). The lowest BCUT2D eigenvalue weighted by Gasteiger charge is -2.13. The number of nitrogens with one attached hydrogen (secondary N) is 2. The first-order valence-corrected chi connectivity index (χ1v) is 10.4. The molecule has 0 aliphatic carbocycles. The molecule has 0 saturated heterocycles. The summed E-state index contributed by atoms with van der Waals surface area (Å²) >= 11 is 0. The van der Waals surface area contributed by atoms with E-state index in [-0.39, 0.29) is 17.3 Å². The summed E-state index contributed by atoms with van der Waals surface area (Å²) in [4.78, 5) is 25.4. The van der Waals surface area contributed by atoms with Crippen LogP contribution in [0.4, 0.5) is 36.4 Å². The Kier molecular flexibility index (Phi) is 6.12. The van der Waals surface area contributed by atoms with E-state index in [9.17, 15) is 18.0 Å². The number of nitrogens with zero attached hydrogens (tertiary/aromatic N) is 5. The molecule has 0 aliphatic heterocycles. The Morgan fingerprint density at radius 3 is 2.46 bits per heavy atom. The number of aryl methyl sites for hydroxylation is 3. The molecule has 0 saturated carbocycles. The lowest BCUT2D eigenvalue weighted by molar-refractivity contribution is -0.137. The first kappa shape index (κ1) is 23.7. The van der Waals surface area contributed by atoms with Crippen LogP contribution in [0.3, 0.4) is 0 Å². The second kappa shape index (κ2) is 9.05. The van der Waals surface area contributed by atoms with Gasteiger partial charge in [-0.1, -0.05) is 12.1 Å². The molecular weight excluding hydrogens is 461 g/mol. The van der Waals surface area contributed by atoms with E-state index in [4.69, 9.17) is 5.73 Å². The van der Waals surface area contributed by atoms with Crippen LogP contribution in [0, 0.1) is 20.8 Å². The molecule has 1 aromatic carbocycles. The number of amides is 1. The van der Waals surface area contributed by atoms with Gasteiger partial charge in [0.25, 0.3) is 5.91 Å². The molecule has 0 radical (unpaired) electrons. The third-order valence-electron chi connectivity index (χ3n) is 4.93. The number of hydrogen-bond acceptors (Lipinski definition) is 7. The van der Waals surface area contributed by atoms with Crippen LogP contribution in [0.25, 0.3) is 5.82 Å². The molecule has 9 nitrogen and oxygen atoms in total. The van der Waals surface area contributed by atoms with E-state index >= 15 is 0 Å². The fourth-order valence-corrected chi connectivity index (χ4v) is 3.32. The molecule has 3 heterocycles. The number of pyridine rings is 1. The van der Waals surface area contributed by atoms with Gasteiger partial charge in [-0.15, -0.1) is 0 Å².